The predicted octanol–water partition coefficient (Wildman–Crippen LogP) is 2.44. The molecular weight excluding hydrogens is 270 g/mol. The Hall–Kier alpha value is -0.970. The summed E-state index contributed by atoms with van der Waals surface area (Å²) in [5, 5.41) is 4.34. The molecule has 1 unspecified atom stereocenters. The summed E-state index contributed by atoms with van der Waals surface area (Å²) in [5.74, 6) is 1.99. The first kappa shape index (κ1) is 15.4. The van der Waals surface area contributed by atoms with E-state index in [1.165, 1.54) is 12.8 Å². The Morgan fingerprint density at radius 2 is 2.15 bits per heavy atom. The van der Waals surface area contributed by atoms with Gasteiger partial charge in [-0.3, -0.25) is 4.79 Å². The largest absolute Gasteiger partial charge is 0.370 e. The highest BCUT2D eigenvalue weighted by Gasteiger charge is 2.17. The topological polar surface area (TPSA) is 38.1 Å². The van der Waals surface area contributed by atoms with Crippen LogP contribution in [0, 0.1) is 11.8 Å². The molecule has 1 fully saturated rings. The Labute approximate surface area is 126 Å². The zero-order chi connectivity index (χ0) is 14.5. The summed E-state index contributed by atoms with van der Waals surface area (Å²) in [6.45, 7) is 7.13. The van der Waals surface area contributed by atoms with Crippen molar-refractivity contribution in [1.82, 2.24) is 9.78 Å². The summed E-state index contributed by atoms with van der Waals surface area (Å²) in [6.07, 6.45) is 5.24. The summed E-state index contributed by atoms with van der Waals surface area (Å²) in [4.78, 5) is 14.4. The fourth-order valence-electron chi connectivity index (χ4n) is 2.56. The third-order valence-corrected chi connectivity index (χ3v) is 4.79. The van der Waals surface area contributed by atoms with E-state index in [9.17, 15) is 4.79 Å². The Morgan fingerprint density at radius 1 is 1.45 bits per heavy atom. The number of nitrogens with zero attached hydrogens (tertiary/aromatic N) is 3. The van der Waals surface area contributed by atoms with Gasteiger partial charge in [-0.05, 0) is 30.4 Å². The summed E-state index contributed by atoms with van der Waals surface area (Å²) in [5.41, 5.74) is 0.971. The monoisotopic (exact) mass is 295 g/mol. The smallest absolute Gasteiger partial charge is 0.268 e. The van der Waals surface area contributed by atoms with Gasteiger partial charge in [0.05, 0.1) is 11.9 Å². The van der Waals surface area contributed by atoms with Gasteiger partial charge in [0.1, 0.15) is 0 Å². The number of hydrogen-bond donors (Lipinski definition) is 1. The molecule has 0 bridgehead atoms. The summed E-state index contributed by atoms with van der Waals surface area (Å²) in [6, 6.07) is 1.73. The molecule has 0 radical (unpaired) electrons. The second-order valence-electron chi connectivity index (χ2n) is 5.86. The predicted molar refractivity (Wildman–Crippen MR) is 86.7 cm³/mol. The molecule has 4 nitrogen and oxygen atoms in total. The van der Waals surface area contributed by atoms with Crippen LogP contribution in [0.3, 0.4) is 0 Å². The van der Waals surface area contributed by atoms with Crippen LogP contribution in [0.1, 0.15) is 33.1 Å². The van der Waals surface area contributed by atoms with E-state index < -0.39 is 0 Å². The third-order valence-electron chi connectivity index (χ3n) is 4.27. The van der Waals surface area contributed by atoms with Crippen molar-refractivity contribution in [3.63, 3.8) is 0 Å². The van der Waals surface area contributed by atoms with Crippen LogP contribution in [0.4, 0.5) is 5.69 Å². The van der Waals surface area contributed by atoms with Crippen molar-refractivity contribution in [2.24, 2.45) is 11.8 Å². The average molecular weight is 295 g/mol. The van der Waals surface area contributed by atoms with Crippen LogP contribution in [0.25, 0.3) is 0 Å². The number of thiol groups is 1. The van der Waals surface area contributed by atoms with Crippen molar-refractivity contribution in [2.75, 3.05) is 23.7 Å². The van der Waals surface area contributed by atoms with Crippen LogP contribution in [-0.2, 0) is 6.54 Å². The Kier molecular flexibility index (Phi) is 5.52. The molecule has 2 rings (SSSR count). The van der Waals surface area contributed by atoms with Gasteiger partial charge < -0.3 is 4.90 Å². The van der Waals surface area contributed by atoms with Gasteiger partial charge in [0.25, 0.3) is 5.56 Å². The maximum Gasteiger partial charge on any atom is 0.268 e. The highest BCUT2D eigenvalue weighted by molar-refractivity contribution is 7.80. The molecule has 0 N–H and O–H groups in total. The molecule has 20 heavy (non-hydrogen) atoms. The fraction of sp³-hybridized carbons (Fsp3) is 0.733. The summed E-state index contributed by atoms with van der Waals surface area (Å²) in [7, 11) is 0. The minimum atomic E-state index is 0.00125. The van der Waals surface area contributed by atoms with Crippen molar-refractivity contribution in [3.8, 4) is 0 Å². The maximum absolute atomic E-state index is 12.2. The number of rotatable bonds is 5. The standard InChI is InChI=1S/C15H25N3OS/c1-3-13(11-20)10-18-15(19)8-14(9-16-18)17-6-4-12(2)5-7-17/h8-9,12-13,20H,3-7,10-11H2,1-2H3. The molecule has 1 saturated heterocycles. The van der Waals surface area contributed by atoms with Gasteiger partial charge in [0.15, 0.2) is 0 Å². The lowest BCUT2D eigenvalue weighted by atomic mass is 9.99. The quantitative estimate of drug-likeness (QED) is 0.848. The zero-order valence-corrected chi connectivity index (χ0v) is 13.4. The third kappa shape index (κ3) is 3.78. The molecule has 112 valence electrons. The first-order valence-electron chi connectivity index (χ1n) is 7.57. The molecule has 2 heterocycles. The van der Waals surface area contributed by atoms with Gasteiger partial charge in [0, 0.05) is 25.7 Å². The first-order chi connectivity index (χ1) is 9.63. The molecule has 1 aromatic heterocycles. The second-order valence-corrected chi connectivity index (χ2v) is 6.23. The lowest BCUT2D eigenvalue weighted by Crippen LogP contribution is -2.35. The van der Waals surface area contributed by atoms with E-state index in [-0.39, 0.29) is 5.56 Å². The molecule has 0 aromatic carbocycles. The lowest BCUT2D eigenvalue weighted by Gasteiger charge is -2.31. The average Bonchev–Trinajstić information content (AvgIpc) is 2.47. The van der Waals surface area contributed by atoms with Crippen LogP contribution in [0.15, 0.2) is 17.1 Å². The van der Waals surface area contributed by atoms with Crippen LogP contribution in [0.5, 0.6) is 0 Å². The molecule has 0 aliphatic carbocycles. The minimum Gasteiger partial charge on any atom is -0.370 e. The van der Waals surface area contributed by atoms with Gasteiger partial charge in [-0.15, -0.1) is 0 Å². The molecule has 0 spiro atoms. The lowest BCUT2D eigenvalue weighted by molar-refractivity contribution is 0.425. The molecule has 1 aliphatic heterocycles. The Bertz CT molecular complexity index is 476. The van der Waals surface area contributed by atoms with Crippen LogP contribution in [-0.4, -0.2) is 28.6 Å². The van der Waals surface area contributed by atoms with E-state index in [1.54, 1.807) is 10.7 Å². The van der Waals surface area contributed by atoms with E-state index >= 15 is 0 Å². The molecule has 1 aliphatic rings. The van der Waals surface area contributed by atoms with E-state index in [1.807, 2.05) is 6.20 Å². The van der Waals surface area contributed by atoms with Gasteiger partial charge in [-0.1, -0.05) is 20.3 Å². The molecule has 0 amide bonds. The highest BCUT2D eigenvalue weighted by atomic mass is 32.1. The van der Waals surface area contributed by atoms with Crippen LogP contribution in [0.2, 0.25) is 0 Å². The highest BCUT2D eigenvalue weighted by Crippen LogP contribution is 2.21. The van der Waals surface area contributed by atoms with Crippen LogP contribution >= 0.6 is 12.6 Å². The van der Waals surface area contributed by atoms with Gasteiger partial charge >= 0.3 is 0 Å². The van der Waals surface area contributed by atoms with E-state index in [4.69, 9.17) is 0 Å². The maximum atomic E-state index is 12.2. The minimum absolute atomic E-state index is 0.00125. The van der Waals surface area contributed by atoms with Crippen molar-refractivity contribution < 1.29 is 0 Å². The van der Waals surface area contributed by atoms with Crippen molar-refractivity contribution in [1.29, 1.82) is 0 Å². The molecular formula is C15H25N3OS. The molecule has 5 heteroatoms. The number of aromatic nitrogens is 2. The first-order valence-corrected chi connectivity index (χ1v) is 8.20. The molecule has 1 aromatic rings. The normalized spacial score (nSPS) is 18.2. The van der Waals surface area contributed by atoms with Gasteiger partial charge in [-0.25, -0.2) is 4.68 Å². The van der Waals surface area contributed by atoms with E-state index in [0.717, 1.165) is 36.9 Å². The number of hydrogen-bond acceptors (Lipinski definition) is 4. The number of anilines is 1. The van der Waals surface area contributed by atoms with E-state index in [0.29, 0.717) is 12.5 Å². The van der Waals surface area contributed by atoms with Crippen molar-refractivity contribution in [3.05, 3.63) is 22.6 Å². The van der Waals surface area contributed by atoms with E-state index in [2.05, 4.69) is 36.5 Å². The number of piperidine rings is 1. The second kappa shape index (κ2) is 7.16. The summed E-state index contributed by atoms with van der Waals surface area (Å²) < 4.78 is 1.57. The Morgan fingerprint density at radius 3 is 2.70 bits per heavy atom. The van der Waals surface area contributed by atoms with Crippen molar-refractivity contribution >= 4 is 18.3 Å². The van der Waals surface area contributed by atoms with Gasteiger partial charge in [0.2, 0.25) is 0 Å². The molecule has 0 saturated carbocycles. The van der Waals surface area contributed by atoms with Crippen LogP contribution < -0.4 is 10.5 Å². The summed E-state index contributed by atoms with van der Waals surface area (Å²) >= 11 is 4.32. The Balaban J connectivity index is 2.07. The fourth-order valence-corrected chi connectivity index (χ4v) is 2.94. The van der Waals surface area contributed by atoms with Gasteiger partial charge in [-0.2, -0.15) is 17.7 Å². The van der Waals surface area contributed by atoms with Crippen molar-refractivity contribution in [2.45, 2.75) is 39.7 Å². The zero-order valence-electron chi connectivity index (χ0n) is 12.5. The SMILES string of the molecule is CCC(CS)Cn1ncc(N2CCC(C)CC2)cc1=O. The molecule has 1 atom stereocenters.